The molecule has 7 heteroatoms. The number of nitrogens with one attached hydrogen (secondary N) is 2. The lowest BCUT2D eigenvalue weighted by molar-refractivity contribution is 0.368. The van der Waals surface area contributed by atoms with E-state index in [9.17, 15) is 0 Å². The number of rotatable bonds is 8. The molecule has 2 aromatic heterocycles. The highest BCUT2D eigenvalue weighted by Gasteiger charge is 2.17. The second-order valence-corrected chi connectivity index (χ2v) is 7.91. The Morgan fingerprint density at radius 3 is 2.69 bits per heavy atom. The van der Waals surface area contributed by atoms with Crippen molar-refractivity contribution in [2.75, 3.05) is 26.1 Å². The summed E-state index contributed by atoms with van der Waals surface area (Å²) in [7, 11) is 3.27. The maximum Gasteiger partial charge on any atom is 0.173 e. The minimum atomic E-state index is 0.562. The number of hydrogen-bond acceptors (Lipinski definition) is 4. The first-order valence-electron chi connectivity index (χ1n) is 10.5. The summed E-state index contributed by atoms with van der Waals surface area (Å²) in [6, 6.07) is 17.8. The Kier molecular flexibility index (Phi) is 6.66. The van der Waals surface area contributed by atoms with Gasteiger partial charge < -0.3 is 29.1 Å². The molecule has 0 saturated carbocycles. The van der Waals surface area contributed by atoms with Gasteiger partial charge in [-0.3, -0.25) is 0 Å². The highest BCUT2D eigenvalue weighted by atomic mass is 32.1. The molecule has 0 aliphatic carbocycles. The Labute approximate surface area is 193 Å². The van der Waals surface area contributed by atoms with Crippen LogP contribution in [0.4, 0.5) is 5.69 Å². The van der Waals surface area contributed by atoms with Crippen molar-refractivity contribution >= 4 is 33.9 Å². The molecular formula is C25H27N3O3S. The number of aromatic nitrogens is 1. The van der Waals surface area contributed by atoms with E-state index in [1.54, 1.807) is 20.5 Å². The van der Waals surface area contributed by atoms with Crippen molar-refractivity contribution in [1.29, 1.82) is 0 Å². The quantitative estimate of drug-likeness (QED) is 0.345. The summed E-state index contributed by atoms with van der Waals surface area (Å²) in [6.07, 6.45) is 2.52. The fraction of sp³-hybridized carbons (Fsp3) is 0.240. The first-order valence-corrected chi connectivity index (χ1v) is 10.9. The van der Waals surface area contributed by atoms with E-state index in [4.69, 9.17) is 26.1 Å². The summed E-state index contributed by atoms with van der Waals surface area (Å²) in [4.78, 5) is 5.58. The third-order valence-electron chi connectivity index (χ3n) is 5.52. The minimum Gasteiger partial charge on any atom is -0.497 e. The van der Waals surface area contributed by atoms with Crippen LogP contribution in [0.15, 0.2) is 65.3 Å². The lowest BCUT2D eigenvalue weighted by Gasteiger charge is -2.26. The number of thiocarbonyl (C=S) groups is 1. The maximum absolute atomic E-state index is 5.81. The van der Waals surface area contributed by atoms with E-state index < -0.39 is 0 Å². The number of aryl methyl sites for hydroxylation is 1. The Morgan fingerprint density at radius 1 is 1.09 bits per heavy atom. The number of hydrogen-bond donors (Lipinski definition) is 2. The number of fused-ring (bicyclic) bond motifs is 1. The van der Waals surface area contributed by atoms with Crippen LogP contribution in [0.5, 0.6) is 11.5 Å². The summed E-state index contributed by atoms with van der Waals surface area (Å²) in [5.41, 5.74) is 4.38. The van der Waals surface area contributed by atoms with Gasteiger partial charge in [0.05, 0.1) is 32.7 Å². The Hall–Kier alpha value is -3.45. The van der Waals surface area contributed by atoms with E-state index in [2.05, 4.69) is 40.3 Å². The first kappa shape index (κ1) is 21.8. The van der Waals surface area contributed by atoms with Gasteiger partial charge in [-0.05, 0) is 61.5 Å². The summed E-state index contributed by atoms with van der Waals surface area (Å²) >= 11 is 5.81. The second-order valence-electron chi connectivity index (χ2n) is 7.52. The molecule has 0 saturated heterocycles. The normalized spacial score (nSPS) is 10.8. The van der Waals surface area contributed by atoms with Gasteiger partial charge in [-0.1, -0.05) is 18.2 Å². The van der Waals surface area contributed by atoms with Crippen LogP contribution in [0, 0.1) is 6.92 Å². The lowest BCUT2D eigenvalue weighted by atomic mass is 10.1. The van der Waals surface area contributed by atoms with E-state index in [0.29, 0.717) is 17.4 Å². The van der Waals surface area contributed by atoms with Gasteiger partial charge in [-0.25, -0.2) is 0 Å². The number of nitrogens with zero attached hydrogens (tertiary/aromatic N) is 1. The van der Waals surface area contributed by atoms with E-state index in [1.165, 1.54) is 16.6 Å². The van der Waals surface area contributed by atoms with Gasteiger partial charge in [0.25, 0.3) is 0 Å². The Balaban J connectivity index is 1.56. The first-order chi connectivity index (χ1) is 15.6. The number of methoxy groups -OCH3 is 2. The zero-order valence-corrected chi connectivity index (χ0v) is 19.3. The molecular weight excluding hydrogens is 422 g/mol. The topological polar surface area (TPSA) is 62.7 Å². The maximum atomic E-state index is 5.81. The fourth-order valence-corrected chi connectivity index (χ4v) is 4.12. The summed E-state index contributed by atoms with van der Waals surface area (Å²) in [6.45, 7) is 3.40. The van der Waals surface area contributed by atoms with E-state index in [0.717, 1.165) is 35.7 Å². The van der Waals surface area contributed by atoms with Crippen LogP contribution in [0.1, 0.15) is 17.0 Å². The van der Waals surface area contributed by atoms with Gasteiger partial charge in [-0.15, -0.1) is 0 Å². The molecule has 0 atom stereocenters. The number of H-pyrrole nitrogens is 1. The molecule has 0 fully saturated rings. The summed E-state index contributed by atoms with van der Waals surface area (Å²) in [5.74, 6) is 2.27. The van der Waals surface area contributed by atoms with Gasteiger partial charge in [0, 0.05) is 29.2 Å². The van der Waals surface area contributed by atoms with Crippen molar-refractivity contribution in [3.63, 3.8) is 0 Å². The number of anilines is 1. The molecule has 2 heterocycles. The van der Waals surface area contributed by atoms with Crippen LogP contribution >= 0.6 is 12.2 Å². The van der Waals surface area contributed by atoms with Crippen LogP contribution in [-0.4, -0.2) is 35.8 Å². The molecule has 0 radical (unpaired) electrons. The molecule has 0 spiro atoms. The largest absolute Gasteiger partial charge is 0.497 e. The van der Waals surface area contributed by atoms with Crippen molar-refractivity contribution < 1.29 is 13.9 Å². The van der Waals surface area contributed by atoms with Crippen molar-refractivity contribution in [2.24, 2.45) is 0 Å². The number of ether oxygens (including phenoxy) is 2. The molecule has 0 unspecified atom stereocenters. The van der Waals surface area contributed by atoms with E-state index >= 15 is 0 Å². The fourth-order valence-electron chi connectivity index (χ4n) is 3.85. The molecule has 2 N–H and O–H groups in total. The van der Waals surface area contributed by atoms with Crippen LogP contribution in [0.25, 0.3) is 10.9 Å². The number of benzene rings is 2. The Morgan fingerprint density at radius 2 is 1.94 bits per heavy atom. The van der Waals surface area contributed by atoms with E-state index in [1.807, 2.05) is 36.4 Å². The smallest absolute Gasteiger partial charge is 0.173 e. The lowest BCUT2D eigenvalue weighted by Crippen LogP contribution is -2.36. The zero-order valence-electron chi connectivity index (χ0n) is 18.5. The third kappa shape index (κ3) is 4.73. The number of para-hydroxylation sites is 1. The SMILES string of the molecule is COc1ccc(OC)c(NC(=S)N(CCc2c(C)[nH]c3ccccc23)Cc2ccco2)c1. The molecule has 0 aliphatic heterocycles. The highest BCUT2D eigenvalue weighted by Crippen LogP contribution is 2.29. The standard InChI is InChI=1S/C25H27N3O3S/c1-17-20(21-8-4-5-9-22(21)26-17)12-13-28(16-19-7-6-14-31-19)25(32)27-23-15-18(29-2)10-11-24(23)30-3/h4-11,14-15,26H,12-13,16H2,1-3H3,(H,27,32). The highest BCUT2D eigenvalue weighted by molar-refractivity contribution is 7.80. The van der Waals surface area contributed by atoms with Crippen LogP contribution in [-0.2, 0) is 13.0 Å². The number of aromatic amines is 1. The molecule has 0 amide bonds. The van der Waals surface area contributed by atoms with Gasteiger partial charge >= 0.3 is 0 Å². The third-order valence-corrected chi connectivity index (χ3v) is 5.88. The predicted octanol–water partition coefficient (Wildman–Crippen LogP) is 5.53. The average Bonchev–Trinajstić information content (AvgIpc) is 3.43. The average molecular weight is 450 g/mol. The van der Waals surface area contributed by atoms with Gasteiger partial charge in [-0.2, -0.15) is 0 Å². The Bertz CT molecular complexity index is 1200. The van der Waals surface area contributed by atoms with Gasteiger partial charge in [0.15, 0.2) is 5.11 Å². The zero-order chi connectivity index (χ0) is 22.5. The van der Waals surface area contributed by atoms with E-state index in [-0.39, 0.29) is 0 Å². The van der Waals surface area contributed by atoms with Crippen molar-refractivity contribution in [3.05, 3.63) is 77.9 Å². The minimum absolute atomic E-state index is 0.562. The predicted molar refractivity (Wildman–Crippen MR) is 132 cm³/mol. The summed E-state index contributed by atoms with van der Waals surface area (Å²) < 4.78 is 16.5. The number of furan rings is 1. The molecule has 6 nitrogen and oxygen atoms in total. The molecule has 4 aromatic rings. The molecule has 0 bridgehead atoms. The monoisotopic (exact) mass is 449 g/mol. The van der Waals surface area contributed by atoms with Crippen molar-refractivity contribution in [3.8, 4) is 11.5 Å². The van der Waals surface area contributed by atoms with Crippen molar-refractivity contribution in [2.45, 2.75) is 19.9 Å². The van der Waals surface area contributed by atoms with Crippen LogP contribution in [0.3, 0.4) is 0 Å². The van der Waals surface area contributed by atoms with Crippen LogP contribution < -0.4 is 14.8 Å². The van der Waals surface area contributed by atoms with Crippen LogP contribution in [0.2, 0.25) is 0 Å². The van der Waals surface area contributed by atoms with Gasteiger partial charge in [0.1, 0.15) is 17.3 Å². The molecule has 2 aromatic carbocycles. The molecule has 0 aliphatic rings. The van der Waals surface area contributed by atoms with Crippen molar-refractivity contribution in [1.82, 2.24) is 9.88 Å². The van der Waals surface area contributed by atoms with Gasteiger partial charge in [0.2, 0.25) is 0 Å². The second kappa shape index (κ2) is 9.78. The molecule has 4 rings (SSSR count). The molecule has 32 heavy (non-hydrogen) atoms. The summed E-state index contributed by atoms with van der Waals surface area (Å²) in [5, 5.41) is 5.17. The molecule has 166 valence electrons.